The molecular formula is C26H30N4Ni. The summed E-state index contributed by atoms with van der Waals surface area (Å²) in [5.74, 6) is 0. The third-order valence-electron chi connectivity index (χ3n) is 5.20. The number of allylic oxidation sites excluding steroid dienone is 4. The third kappa shape index (κ3) is 6.18. The second-order valence-electron chi connectivity index (χ2n) is 8.15. The quantitative estimate of drug-likeness (QED) is 0.356. The second kappa shape index (κ2) is 10.1. The molecule has 0 aliphatic carbocycles. The molecule has 0 amide bonds. The Kier molecular flexibility index (Phi) is 8.03. The average molecular weight is 457 g/mol. The van der Waals surface area contributed by atoms with Crippen molar-refractivity contribution in [2.75, 3.05) is 0 Å². The van der Waals surface area contributed by atoms with Gasteiger partial charge in [0.05, 0.1) is 11.4 Å². The molecule has 2 aromatic carbocycles. The maximum atomic E-state index is 4.85. The van der Waals surface area contributed by atoms with E-state index in [2.05, 4.69) is 52.0 Å². The number of fused-ring (bicyclic) bond motifs is 2. The number of nitrogens with zero attached hydrogens (tertiary/aromatic N) is 4. The molecule has 31 heavy (non-hydrogen) atoms. The minimum atomic E-state index is 0. The van der Waals surface area contributed by atoms with Gasteiger partial charge in [0.25, 0.3) is 0 Å². The third-order valence-corrected chi connectivity index (χ3v) is 5.20. The Morgan fingerprint density at radius 1 is 0.516 bits per heavy atom. The first-order valence-electron chi connectivity index (χ1n) is 10.3. The van der Waals surface area contributed by atoms with Crippen molar-refractivity contribution in [2.45, 2.75) is 55.4 Å². The van der Waals surface area contributed by atoms with E-state index in [1.54, 1.807) is 0 Å². The van der Waals surface area contributed by atoms with Gasteiger partial charge in [0, 0.05) is 11.4 Å². The van der Waals surface area contributed by atoms with Crippen LogP contribution in [0.4, 0.5) is 22.7 Å². The molecule has 0 saturated heterocycles. The molecular weight excluding hydrogens is 427 g/mol. The van der Waals surface area contributed by atoms with E-state index in [1.165, 1.54) is 22.3 Å². The second-order valence-corrected chi connectivity index (χ2v) is 8.15. The molecule has 1 heterocycles. The number of rotatable bonds is 0. The summed E-state index contributed by atoms with van der Waals surface area (Å²) in [6, 6.07) is 8.39. The van der Waals surface area contributed by atoms with Crippen LogP contribution in [0.5, 0.6) is 0 Å². The van der Waals surface area contributed by atoms with Crippen molar-refractivity contribution >= 4 is 34.2 Å². The molecule has 0 spiro atoms. The first-order valence-corrected chi connectivity index (χ1v) is 10.3. The molecule has 164 valence electrons. The van der Waals surface area contributed by atoms with Crippen molar-refractivity contribution in [2.24, 2.45) is 9.98 Å². The van der Waals surface area contributed by atoms with Crippen LogP contribution in [0.25, 0.3) is 10.6 Å². The van der Waals surface area contributed by atoms with Crippen molar-refractivity contribution in [1.29, 1.82) is 0 Å². The maximum Gasteiger partial charge on any atom is 2.00 e. The van der Waals surface area contributed by atoms with E-state index in [0.717, 1.165) is 45.6 Å². The predicted octanol–water partition coefficient (Wildman–Crippen LogP) is 8.63. The van der Waals surface area contributed by atoms with E-state index in [0.29, 0.717) is 0 Å². The average Bonchev–Trinajstić information content (AvgIpc) is 2.62. The molecule has 0 saturated carbocycles. The number of benzene rings is 2. The standard InChI is InChI=1S/C26H30N4.Ni/c1-15-9-23-24(10-16(15)2)28-20(6)14-22(8)30-26-12-18(4)17(3)11-25(26)29-21(7)13-19(5)27-23;/h9-14H,1-8H3;/q-2;+2/b19-13-,20-14-,29-21?,30-22?;. The zero-order chi connectivity index (χ0) is 22.0. The smallest absolute Gasteiger partial charge is 0.662 e. The minimum Gasteiger partial charge on any atom is -0.662 e. The van der Waals surface area contributed by atoms with Crippen LogP contribution in [0, 0.1) is 27.7 Å². The summed E-state index contributed by atoms with van der Waals surface area (Å²) in [6.45, 7) is 16.4. The Labute approximate surface area is 196 Å². The van der Waals surface area contributed by atoms with Gasteiger partial charge in [-0.3, -0.25) is 9.98 Å². The number of hydrogen-bond donors (Lipinski definition) is 0. The summed E-state index contributed by atoms with van der Waals surface area (Å²) in [5.41, 5.74) is 11.8. The monoisotopic (exact) mass is 456 g/mol. The van der Waals surface area contributed by atoms with Crippen molar-refractivity contribution < 1.29 is 16.5 Å². The van der Waals surface area contributed by atoms with Crippen LogP contribution in [0.15, 0.2) is 57.8 Å². The van der Waals surface area contributed by atoms with Gasteiger partial charge in [0.2, 0.25) is 0 Å². The van der Waals surface area contributed by atoms with E-state index in [4.69, 9.17) is 20.6 Å². The number of aryl methyl sites for hydroxylation is 4. The van der Waals surface area contributed by atoms with Crippen molar-refractivity contribution in [3.05, 3.63) is 80.7 Å². The van der Waals surface area contributed by atoms with Crippen LogP contribution in [0.2, 0.25) is 0 Å². The molecule has 0 aromatic heterocycles. The maximum absolute atomic E-state index is 4.85. The number of aliphatic imine (C=N–C) groups is 2. The Hall–Kier alpha value is -2.65. The Morgan fingerprint density at radius 2 is 0.839 bits per heavy atom. The van der Waals surface area contributed by atoms with Crippen LogP contribution in [0.3, 0.4) is 0 Å². The van der Waals surface area contributed by atoms with Crippen LogP contribution in [0.1, 0.15) is 49.9 Å². The summed E-state index contributed by atoms with van der Waals surface area (Å²) in [7, 11) is 0. The van der Waals surface area contributed by atoms with Crippen LogP contribution in [-0.4, -0.2) is 11.4 Å². The van der Waals surface area contributed by atoms with Crippen LogP contribution >= 0.6 is 0 Å². The van der Waals surface area contributed by atoms with Gasteiger partial charge in [-0.25, -0.2) is 0 Å². The van der Waals surface area contributed by atoms with Crippen molar-refractivity contribution in [3.8, 4) is 0 Å². The Bertz CT molecular complexity index is 1030. The molecule has 0 fully saturated rings. The summed E-state index contributed by atoms with van der Waals surface area (Å²) in [4.78, 5) is 9.70. The van der Waals surface area contributed by atoms with Gasteiger partial charge in [0.1, 0.15) is 0 Å². The summed E-state index contributed by atoms with van der Waals surface area (Å²) in [5, 5.41) is 9.70. The van der Waals surface area contributed by atoms with E-state index in [-0.39, 0.29) is 16.5 Å². The minimum absolute atomic E-state index is 0. The molecule has 2 aromatic rings. The first kappa shape index (κ1) is 24.6. The number of hydrogen-bond acceptors (Lipinski definition) is 2. The van der Waals surface area contributed by atoms with Crippen molar-refractivity contribution in [3.63, 3.8) is 0 Å². The largest absolute Gasteiger partial charge is 2.00 e. The SMILES string of the molecule is CC1=Nc2cc(C)c(C)cc2N=C(C)/C=C(/C)[N-]c2cc(C)c(C)cc2[N-]/C(C)=C\1.[Ni+2]. The van der Waals surface area contributed by atoms with E-state index in [9.17, 15) is 0 Å². The summed E-state index contributed by atoms with van der Waals surface area (Å²) >= 11 is 0. The molecule has 0 N–H and O–H groups in total. The van der Waals surface area contributed by atoms with Gasteiger partial charge in [0.15, 0.2) is 0 Å². The molecule has 0 bridgehead atoms. The van der Waals surface area contributed by atoms with Gasteiger partial charge in [-0.2, -0.15) is 22.8 Å². The Morgan fingerprint density at radius 3 is 1.19 bits per heavy atom. The van der Waals surface area contributed by atoms with Gasteiger partial charge in [-0.1, -0.05) is 38.1 Å². The molecule has 0 unspecified atom stereocenters. The van der Waals surface area contributed by atoms with Crippen LogP contribution < -0.4 is 0 Å². The van der Waals surface area contributed by atoms with E-state index >= 15 is 0 Å². The fourth-order valence-electron chi connectivity index (χ4n) is 3.42. The van der Waals surface area contributed by atoms with Crippen molar-refractivity contribution in [1.82, 2.24) is 0 Å². The molecule has 1 aliphatic heterocycles. The normalized spacial score (nSPS) is 17.5. The van der Waals surface area contributed by atoms with E-state index in [1.807, 2.05) is 39.8 Å². The Balaban J connectivity index is 0.00000341. The fourth-order valence-corrected chi connectivity index (χ4v) is 3.42. The first-order chi connectivity index (χ1) is 14.1. The molecule has 1 aliphatic rings. The molecule has 4 nitrogen and oxygen atoms in total. The van der Waals surface area contributed by atoms with E-state index < -0.39 is 0 Å². The predicted molar refractivity (Wildman–Crippen MR) is 131 cm³/mol. The molecule has 3 rings (SSSR count). The van der Waals surface area contributed by atoms with Crippen LogP contribution in [-0.2, 0) is 16.5 Å². The molecule has 0 radical (unpaired) electrons. The summed E-state index contributed by atoms with van der Waals surface area (Å²) in [6.07, 6.45) is 4.01. The van der Waals surface area contributed by atoms with Gasteiger partial charge in [-0.15, -0.1) is 0 Å². The van der Waals surface area contributed by atoms with Gasteiger partial charge >= 0.3 is 16.5 Å². The zero-order valence-corrected chi connectivity index (χ0v) is 20.6. The van der Waals surface area contributed by atoms with Gasteiger partial charge in [-0.05, 0) is 75.9 Å². The fraction of sp³-hybridized carbons (Fsp3) is 0.308. The summed E-state index contributed by atoms with van der Waals surface area (Å²) < 4.78 is 0. The van der Waals surface area contributed by atoms with Gasteiger partial charge < -0.3 is 10.6 Å². The molecule has 0 atom stereocenters. The zero-order valence-electron chi connectivity index (χ0n) is 19.6. The molecule has 5 heteroatoms. The topological polar surface area (TPSA) is 52.9 Å².